The maximum atomic E-state index is 5.96. The smallest absolute Gasteiger partial charge is 0.214 e. The quantitative estimate of drug-likeness (QED) is 0.539. The molecule has 132 valence electrons. The molecular formula is C17H16ClN7S. The van der Waals surface area contributed by atoms with E-state index in [0.717, 1.165) is 52.3 Å². The van der Waals surface area contributed by atoms with Crippen LogP contribution in [0, 0.1) is 0 Å². The van der Waals surface area contributed by atoms with Crippen LogP contribution in [0.1, 0.15) is 18.9 Å². The molecule has 1 aliphatic rings. The lowest BCUT2D eigenvalue weighted by Gasteiger charge is -2.31. The van der Waals surface area contributed by atoms with Crippen molar-refractivity contribution in [2.45, 2.75) is 18.9 Å². The minimum absolute atomic E-state index is 0.340. The molecule has 0 saturated carbocycles. The predicted molar refractivity (Wildman–Crippen MR) is 102 cm³/mol. The molecular weight excluding hydrogens is 370 g/mol. The van der Waals surface area contributed by atoms with Crippen molar-refractivity contribution in [2.75, 3.05) is 18.0 Å². The Morgan fingerprint density at radius 3 is 2.85 bits per heavy atom. The van der Waals surface area contributed by atoms with Crippen molar-refractivity contribution in [1.82, 2.24) is 29.4 Å². The fraction of sp³-hybridized carbons (Fsp3) is 0.294. The number of hydrogen-bond donors (Lipinski definition) is 0. The van der Waals surface area contributed by atoms with E-state index in [9.17, 15) is 0 Å². The van der Waals surface area contributed by atoms with Gasteiger partial charge in [-0.05, 0) is 25.0 Å². The molecule has 0 bridgehead atoms. The van der Waals surface area contributed by atoms with Crippen molar-refractivity contribution >= 4 is 33.0 Å². The molecule has 1 fully saturated rings. The molecule has 0 spiro atoms. The molecule has 5 rings (SSSR count). The van der Waals surface area contributed by atoms with E-state index < -0.39 is 0 Å². The van der Waals surface area contributed by atoms with Crippen molar-refractivity contribution in [3.63, 3.8) is 0 Å². The number of rotatable bonds is 3. The summed E-state index contributed by atoms with van der Waals surface area (Å²) in [6.07, 6.45) is 7.58. The maximum Gasteiger partial charge on any atom is 0.214 e. The number of anilines is 1. The van der Waals surface area contributed by atoms with Gasteiger partial charge < -0.3 is 4.90 Å². The van der Waals surface area contributed by atoms with E-state index in [2.05, 4.69) is 15.0 Å². The number of nitrogens with zero attached hydrogens (tertiary/aromatic N) is 7. The summed E-state index contributed by atoms with van der Waals surface area (Å²) >= 11 is 7.58. The van der Waals surface area contributed by atoms with Gasteiger partial charge in [-0.3, -0.25) is 0 Å². The van der Waals surface area contributed by atoms with Crippen LogP contribution in [0.3, 0.4) is 0 Å². The third kappa shape index (κ3) is 2.85. The van der Waals surface area contributed by atoms with Gasteiger partial charge in [0.25, 0.3) is 0 Å². The summed E-state index contributed by atoms with van der Waals surface area (Å²) in [5.74, 6) is 0. The number of aromatic nitrogens is 6. The van der Waals surface area contributed by atoms with Crippen LogP contribution in [0.2, 0.25) is 5.02 Å². The average Bonchev–Trinajstić information content (AvgIpc) is 3.39. The molecule has 1 saturated heterocycles. The summed E-state index contributed by atoms with van der Waals surface area (Å²) < 4.78 is 3.81. The van der Waals surface area contributed by atoms with Gasteiger partial charge in [-0.25, -0.2) is 19.2 Å². The largest absolute Gasteiger partial charge is 0.345 e. The Labute approximate surface area is 158 Å². The lowest BCUT2D eigenvalue weighted by atomic mass is 10.1. The van der Waals surface area contributed by atoms with Crippen molar-refractivity contribution in [1.29, 1.82) is 0 Å². The number of benzene rings is 1. The Balaban J connectivity index is 1.40. The van der Waals surface area contributed by atoms with Gasteiger partial charge in [0.05, 0.1) is 17.9 Å². The summed E-state index contributed by atoms with van der Waals surface area (Å²) in [4.78, 5) is 12.0. The molecule has 7 nitrogen and oxygen atoms in total. The van der Waals surface area contributed by atoms with Gasteiger partial charge in [0.1, 0.15) is 12.7 Å². The van der Waals surface area contributed by atoms with Gasteiger partial charge >= 0.3 is 0 Å². The van der Waals surface area contributed by atoms with Crippen molar-refractivity contribution < 1.29 is 0 Å². The highest BCUT2D eigenvalue weighted by Gasteiger charge is 2.24. The zero-order valence-electron chi connectivity index (χ0n) is 13.9. The second-order valence-electron chi connectivity index (χ2n) is 6.36. The van der Waals surface area contributed by atoms with Gasteiger partial charge in [-0.15, -0.1) is 5.10 Å². The zero-order chi connectivity index (χ0) is 17.5. The van der Waals surface area contributed by atoms with E-state index in [0.29, 0.717) is 6.04 Å². The monoisotopic (exact) mass is 385 g/mol. The SMILES string of the molecule is Clc1ccc(-c2cn3nc(N4CCCC(n5cncn5)C4)sc3n2)cc1. The van der Waals surface area contributed by atoms with E-state index in [1.54, 1.807) is 24.0 Å². The van der Waals surface area contributed by atoms with Gasteiger partial charge in [-0.2, -0.15) is 5.10 Å². The van der Waals surface area contributed by atoms with E-state index >= 15 is 0 Å². The van der Waals surface area contributed by atoms with Crippen LogP contribution in [0.5, 0.6) is 0 Å². The topological polar surface area (TPSA) is 64.1 Å². The number of imidazole rings is 1. The first-order chi connectivity index (χ1) is 12.8. The lowest BCUT2D eigenvalue weighted by molar-refractivity contribution is 0.374. The van der Waals surface area contributed by atoms with Crippen LogP contribution < -0.4 is 4.90 Å². The fourth-order valence-corrected chi connectivity index (χ4v) is 4.37. The van der Waals surface area contributed by atoms with Crippen LogP contribution in [0.4, 0.5) is 5.13 Å². The number of fused-ring (bicyclic) bond motifs is 1. The minimum Gasteiger partial charge on any atom is -0.345 e. The van der Waals surface area contributed by atoms with Gasteiger partial charge in [-0.1, -0.05) is 35.1 Å². The van der Waals surface area contributed by atoms with Crippen LogP contribution >= 0.6 is 22.9 Å². The summed E-state index contributed by atoms with van der Waals surface area (Å²) in [6, 6.07) is 8.04. The first-order valence-electron chi connectivity index (χ1n) is 8.47. The number of hydrogen-bond acceptors (Lipinski definition) is 6. The first kappa shape index (κ1) is 15.8. The second kappa shape index (κ2) is 6.37. The Hall–Kier alpha value is -2.45. The predicted octanol–water partition coefficient (Wildman–Crippen LogP) is 3.54. The fourth-order valence-electron chi connectivity index (χ4n) is 3.33. The molecule has 1 aliphatic heterocycles. The Morgan fingerprint density at radius 2 is 2.08 bits per heavy atom. The molecule has 9 heteroatoms. The average molecular weight is 386 g/mol. The lowest BCUT2D eigenvalue weighted by Crippen LogP contribution is -2.36. The molecule has 4 aromatic rings. The highest BCUT2D eigenvalue weighted by Crippen LogP contribution is 2.31. The number of halogens is 1. The molecule has 4 heterocycles. The first-order valence-corrected chi connectivity index (χ1v) is 9.67. The standard InChI is InChI=1S/C17H16ClN7S/c18-13-5-3-12(4-6-13)15-9-24-16(21-15)26-17(22-24)23-7-1-2-14(8-23)25-11-19-10-20-25/h3-6,9-11,14H,1-2,7-8H2. The van der Waals surface area contributed by atoms with Crippen LogP contribution in [0.15, 0.2) is 43.1 Å². The molecule has 26 heavy (non-hydrogen) atoms. The highest BCUT2D eigenvalue weighted by atomic mass is 35.5. The number of piperidine rings is 1. The second-order valence-corrected chi connectivity index (χ2v) is 7.73. The maximum absolute atomic E-state index is 5.96. The van der Waals surface area contributed by atoms with Gasteiger partial charge in [0.15, 0.2) is 0 Å². The van der Waals surface area contributed by atoms with Crippen molar-refractivity contribution in [3.05, 3.63) is 48.1 Å². The molecule has 0 radical (unpaired) electrons. The molecule has 1 atom stereocenters. The highest BCUT2D eigenvalue weighted by molar-refractivity contribution is 7.20. The molecule has 0 amide bonds. The van der Waals surface area contributed by atoms with Crippen LogP contribution in [-0.2, 0) is 0 Å². The van der Waals surface area contributed by atoms with Crippen LogP contribution in [-0.4, -0.2) is 42.5 Å². The van der Waals surface area contributed by atoms with Crippen molar-refractivity contribution in [3.8, 4) is 11.3 Å². The van der Waals surface area contributed by atoms with Crippen LogP contribution in [0.25, 0.3) is 16.2 Å². The third-order valence-corrected chi connectivity index (χ3v) is 5.89. The third-order valence-electron chi connectivity index (χ3n) is 4.65. The summed E-state index contributed by atoms with van der Waals surface area (Å²) in [7, 11) is 0. The molecule has 1 unspecified atom stereocenters. The summed E-state index contributed by atoms with van der Waals surface area (Å²) in [5.41, 5.74) is 1.95. The molecule has 3 aromatic heterocycles. The normalized spacial score (nSPS) is 17.9. The van der Waals surface area contributed by atoms with Gasteiger partial charge in [0, 0.05) is 23.7 Å². The summed E-state index contributed by atoms with van der Waals surface area (Å²) in [6.45, 7) is 1.90. The summed E-state index contributed by atoms with van der Waals surface area (Å²) in [5, 5.41) is 10.8. The Morgan fingerprint density at radius 1 is 1.19 bits per heavy atom. The van der Waals surface area contributed by atoms with E-state index in [1.165, 1.54) is 0 Å². The van der Waals surface area contributed by atoms with E-state index in [4.69, 9.17) is 21.7 Å². The molecule has 1 aromatic carbocycles. The van der Waals surface area contributed by atoms with Crippen molar-refractivity contribution in [2.24, 2.45) is 0 Å². The Kier molecular flexibility index (Phi) is 3.86. The molecule has 0 N–H and O–H groups in total. The van der Waals surface area contributed by atoms with E-state index in [-0.39, 0.29) is 0 Å². The van der Waals surface area contributed by atoms with Gasteiger partial charge in [0.2, 0.25) is 10.1 Å². The Bertz CT molecular complexity index is 990. The zero-order valence-corrected chi connectivity index (χ0v) is 15.4. The van der Waals surface area contributed by atoms with E-state index in [1.807, 2.05) is 39.7 Å². The molecule has 0 aliphatic carbocycles. The minimum atomic E-state index is 0.340.